The fourth-order valence-electron chi connectivity index (χ4n) is 1.75. The molecule has 100 valence electrons. The van der Waals surface area contributed by atoms with E-state index in [1.165, 1.54) is 0 Å². The summed E-state index contributed by atoms with van der Waals surface area (Å²) in [5.41, 5.74) is 0.591. The number of halogens is 1. The van der Waals surface area contributed by atoms with Crippen molar-refractivity contribution in [3.63, 3.8) is 0 Å². The molecule has 0 aliphatic heterocycles. The fraction of sp³-hybridized carbons (Fsp3) is 0.500. The van der Waals surface area contributed by atoms with Crippen LogP contribution in [-0.4, -0.2) is 20.0 Å². The van der Waals surface area contributed by atoms with Crippen LogP contribution in [-0.2, 0) is 0 Å². The smallest absolute Gasteiger partial charge is 0.166 e. The summed E-state index contributed by atoms with van der Waals surface area (Å²) in [6.45, 7) is 2.12. The van der Waals surface area contributed by atoms with Crippen molar-refractivity contribution in [1.82, 2.24) is 0 Å². The number of benzene rings is 1. The summed E-state index contributed by atoms with van der Waals surface area (Å²) in [6, 6.07) is 3.50. The number of Topliss-reactive ketones (excluding diaryl/α,β-unsaturated/α-hetero) is 1. The standard InChI is InChI=1S/C14H19BrO3/c1-4-5-6-7-12(16)10-8-14(18-3)11(15)9-13(10)17-2/h8-9H,4-7H2,1-3H3. The molecule has 0 saturated heterocycles. The van der Waals surface area contributed by atoms with Crippen molar-refractivity contribution >= 4 is 21.7 Å². The van der Waals surface area contributed by atoms with Gasteiger partial charge in [-0.15, -0.1) is 0 Å². The highest BCUT2D eigenvalue weighted by atomic mass is 79.9. The maximum Gasteiger partial charge on any atom is 0.166 e. The molecule has 1 rings (SSSR count). The van der Waals surface area contributed by atoms with E-state index in [1.54, 1.807) is 26.4 Å². The van der Waals surface area contributed by atoms with E-state index in [1.807, 2.05) is 0 Å². The average Bonchev–Trinajstić information content (AvgIpc) is 2.38. The van der Waals surface area contributed by atoms with Gasteiger partial charge in [-0.3, -0.25) is 4.79 Å². The van der Waals surface area contributed by atoms with Crippen molar-refractivity contribution < 1.29 is 14.3 Å². The average molecular weight is 315 g/mol. The number of carbonyl (C=O) groups is 1. The van der Waals surface area contributed by atoms with Gasteiger partial charge in [0.1, 0.15) is 11.5 Å². The number of hydrogen-bond donors (Lipinski definition) is 0. The van der Waals surface area contributed by atoms with Crippen LogP contribution in [0.2, 0.25) is 0 Å². The molecule has 0 aliphatic rings. The summed E-state index contributed by atoms with van der Waals surface area (Å²) in [6.07, 6.45) is 3.64. The molecule has 0 amide bonds. The van der Waals surface area contributed by atoms with Gasteiger partial charge in [-0.25, -0.2) is 0 Å². The zero-order valence-electron chi connectivity index (χ0n) is 11.1. The normalized spacial score (nSPS) is 10.2. The third-order valence-corrected chi connectivity index (χ3v) is 3.40. The first kappa shape index (κ1) is 15.0. The lowest BCUT2D eigenvalue weighted by molar-refractivity contribution is 0.0976. The molecule has 1 aromatic carbocycles. The third kappa shape index (κ3) is 3.73. The number of unbranched alkanes of at least 4 members (excludes halogenated alkanes) is 2. The van der Waals surface area contributed by atoms with E-state index in [-0.39, 0.29) is 5.78 Å². The molecular weight excluding hydrogens is 296 g/mol. The van der Waals surface area contributed by atoms with Crippen LogP contribution in [0.1, 0.15) is 43.0 Å². The van der Waals surface area contributed by atoms with Gasteiger partial charge >= 0.3 is 0 Å². The molecule has 0 unspecified atom stereocenters. The molecule has 4 heteroatoms. The molecule has 0 aromatic heterocycles. The highest BCUT2D eigenvalue weighted by Gasteiger charge is 2.15. The van der Waals surface area contributed by atoms with Crippen LogP contribution in [0.3, 0.4) is 0 Å². The summed E-state index contributed by atoms with van der Waals surface area (Å²) in [5.74, 6) is 1.34. The second-order valence-electron chi connectivity index (χ2n) is 4.07. The minimum absolute atomic E-state index is 0.103. The van der Waals surface area contributed by atoms with Gasteiger partial charge in [-0.1, -0.05) is 19.8 Å². The lowest BCUT2D eigenvalue weighted by Gasteiger charge is -2.11. The highest BCUT2D eigenvalue weighted by molar-refractivity contribution is 9.10. The van der Waals surface area contributed by atoms with Gasteiger partial charge in [0, 0.05) is 6.42 Å². The number of methoxy groups -OCH3 is 2. The summed E-state index contributed by atoms with van der Waals surface area (Å²) in [4.78, 5) is 12.1. The van der Waals surface area contributed by atoms with E-state index in [0.29, 0.717) is 23.5 Å². The van der Waals surface area contributed by atoms with Gasteiger partial charge in [0.05, 0.1) is 24.3 Å². The fourth-order valence-corrected chi connectivity index (χ4v) is 2.23. The Bertz CT molecular complexity index is 416. The molecule has 0 spiro atoms. The molecule has 0 fully saturated rings. The first-order chi connectivity index (χ1) is 8.63. The molecule has 0 atom stereocenters. The van der Waals surface area contributed by atoms with Crippen LogP contribution in [0, 0.1) is 0 Å². The maximum atomic E-state index is 12.1. The summed E-state index contributed by atoms with van der Waals surface area (Å²) in [7, 11) is 3.15. The minimum Gasteiger partial charge on any atom is -0.496 e. The highest BCUT2D eigenvalue weighted by Crippen LogP contribution is 2.33. The minimum atomic E-state index is 0.103. The number of ether oxygens (including phenoxy) is 2. The van der Waals surface area contributed by atoms with E-state index in [2.05, 4.69) is 22.9 Å². The van der Waals surface area contributed by atoms with Crippen molar-refractivity contribution in [2.45, 2.75) is 32.6 Å². The van der Waals surface area contributed by atoms with Crippen LogP contribution >= 0.6 is 15.9 Å². The van der Waals surface area contributed by atoms with Gasteiger partial charge in [-0.2, -0.15) is 0 Å². The molecule has 18 heavy (non-hydrogen) atoms. The summed E-state index contributed by atoms with van der Waals surface area (Å²) in [5, 5.41) is 0. The van der Waals surface area contributed by atoms with Gasteiger partial charge in [0.2, 0.25) is 0 Å². The van der Waals surface area contributed by atoms with Crippen molar-refractivity contribution in [3.05, 3.63) is 22.2 Å². The van der Waals surface area contributed by atoms with E-state index in [9.17, 15) is 4.79 Å². The van der Waals surface area contributed by atoms with E-state index in [4.69, 9.17) is 9.47 Å². The quantitative estimate of drug-likeness (QED) is 0.558. The van der Waals surface area contributed by atoms with Gasteiger partial charge < -0.3 is 9.47 Å². The molecule has 0 aliphatic carbocycles. The van der Waals surface area contributed by atoms with Crippen LogP contribution < -0.4 is 9.47 Å². The lowest BCUT2D eigenvalue weighted by Crippen LogP contribution is -2.03. The molecule has 3 nitrogen and oxygen atoms in total. The van der Waals surface area contributed by atoms with Crippen LogP contribution in [0.25, 0.3) is 0 Å². The molecule has 0 N–H and O–H groups in total. The number of carbonyl (C=O) groups excluding carboxylic acids is 1. The monoisotopic (exact) mass is 314 g/mol. The molecule has 1 aromatic rings. The molecule has 0 heterocycles. The molecule has 0 bridgehead atoms. The van der Waals surface area contributed by atoms with Crippen molar-refractivity contribution in [1.29, 1.82) is 0 Å². The van der Waals surface area contributed by atoms with Crippen LogP contribution in [0.4, 0.5) is 0 Å². The Morgan fingerprint density at radius 3 is 2.39 bits per heavy atom. The number of rotatable bonds is 7. The van der Waals surface area contributed by atoms with Gasteiger partial charge in [-0.05, 0) is 34.5 Å². The van der Waals surface area contributed by atoms with Crippen LogP contribution in [0.15, 0.2) is 16.6 Å². The summed E-state index contributed by atoms with van der Waals surface area (Å²) >= 11 is 3.38. The molecular formula is C14H19BrO3. The third-order valence-electron chi connectivity index (χ3n) is 2.78. The zero-order chi connectivity index (χ0) is 13.5. The lowest BCUT2D eigenvalue weighted by atomic mass is 10.0. The SMILES string of the molecule is CCCCCC(=O)c1cc(OC)c(Br)cc1OC. The first-order valence-corrected chi connectivity index (χ1v) is 6.88. The number of hydrogen-bond acceptors (Lipinski definition) is 3. The molecule has 0 saturated carbocycles. The Balaban J connectivity index is 2.94. The Labute approximate surface area is 117 Å². The Hall–Kier alpha value is -1.03. The second kappa shape index (κ2) is 7.41. The Kier molecular flexibility index (Phi) is 6.19. The Morgan fingerprint density at radius 2 is 1.83 bits per heavy atom. The van der Waals surface area contributed by atoms with Gasteiger partial charge in [0.15, 0.2) is 5.78 Å². The van der Waals surface area contributed by atoms with E-state index >= 15 is 0 Å². The molecule has 0 radical (unpaired) electrons. The number of ketones is 1. The predicted molar refractivity (Wildman–Crippen MR) is 75.7 cm³/mol. The first-order valence-electron chi connectivity index (χ1n) is 6.08. The Morgan fingerprint density at radius 1 is 1.17 bits per heavy atom. The maximum absolute atomic E-state index is 12.1. The van der Waals surface area contributed by atoms with Crippen molar-refractivity contribution in [2.75, 3.05) is 14.2 Å². The zero-order valence-corrected chi connectivity index (χ0v) is 12.7. The van der Waals surface area contributed by atoms with Crippen LogP contribution in [0.5, 0.6) is 11.5 Å². The topological polar surface area (TPSA) is 35.5 Å². The van der Waals surface area contributed by atoms with E-state index < -0.39 is 0 Å². The predicted octanol–water partition coefficient (Wildman–Crippen LogP) is 4.23. The van der Waals surface area contributed by atoms with Crippen molar-refractivity contribution in [2.24, 2.45) is 0 Å². The van der Waals surface area contributed by atoms with Crippen molar-refractivity contribution in [3.8, 4) is 11.5 Å². The van der Waals surface area contributed by atoms with Gasteiger partial charge in [0.25, 0.3) is 0 Å². The summed E-state index contributed by atoms with van der Waals surface area (Å²) < 4.78 is 11.2. The largest absolute Gasteiger partial charge is 0.496 e. The second-order valence-corrected chi connectivity index (χ2v) is 4.92. The van der Waals surface area contributed by atoms with E-state index in [0.717, 1.165) is 23.7 Å².